The highest BCUT2D eigenvalue weighted by Gasteiger charge is 2.33. The third kappa shape index (κ3) is 7.29. The summed E-state index contributed by atoms with van der Waals surface area (Å²) in [5.41, 5.74) is 0.257. The summed E-state index contributed by atoms with van der Waals surface area (Å²) < 4.78 is 38.5. The number of piperidine rings is 1. The Morgan fingerprint density at radius 1 is 1.20 bits per heavy atom. The van der Waals surface area contributed by atoms with Crippen LogP contribution in [0.25, 0.3) is 0 Å². The zero-order valence-electron chi connectivity index (χ0n) is 17.2. The Morgan fingerprint density at radius 3 is 2.50 bits per heavy atom. The predicted molar refractivity (Wildman–Crippen MR) is 117 cm³/mol. The van der Waals surface area contributed by atoms with Crippen molar-refractivity contribution in [3.63, 3.8) is 0 Å². The van der Waals surface area contributed by atoms with E-state index in [2.05, 4.69) is 15.5 Å². The van der Waals surface area contributed by atoms with Crippen LogP contribution in [0.5, 0.6) is 0 Å². The molecule has 1 amide bonds. The molecule has 0 aromatic heterocycles. The molecule has 3 atom stereocenters. The summed E-state index contributed by atoms with van der Waals surface area (Å²) in [6.45, 7) is 3.51. The number of carbonyl (C=O) groups is 1. The van der Waals surface area contributed by atoms with E-state index in [1.807, 2.05) is 7.05 Å². The van der Waals surface area contributed by atoms with E-state index in [1.165, 1.54) is 0 Å². The molecule has 9 heteroatoms. The lowest BCUT2D eigenvalue weighted by Crippen LogP contribution is -2.41. The van der Waals surface area contributed by atoms with E-state index in [9.17, 15) is 18.0 Å². The van der Waals surface area contributed by atoms with Crippen molar-refractivity contribution in [1.29, 1.82) is 0 Å². The molecule has 4 nitrogen and oxygen atoms in total. The molecule has 2 aliphatic rings. The molecule has 1 aromatic rings. The van der Waals surface area contributed by atoms with Crippen LogP contribution >= 0.6 is 24.8 Å². The third-order valence-electron chi connectivity index (χ3n) is 6.09. The highest BCUT2D eigenvalue weighted by atomic mass is 35.5. The Kier molecular flexibility index (Phi) is 10.9. The molecule has 2 heterocycles. The van der Waals surface area contributed by atoms with Gasteiger partial charge < -0.3 is 10.6 Å². The van der Waals surface area contributed by atoms with Crippen molar-refractivity contribution >= 4 is 30.7 Å². The molecule has 30 heavy (non-hydrogen) atoms. The number of halogens is 5. The van der Waals surface area contributed by atoms with Gasteiger partial charge in [0.15, 0.2) is 0 Å². The molecule has 0 spiro atoms. The van der Waals surface area contributed by atoms with E-state index in [0.717, 1.165) is 63.0 Å². The zero-order valence-corrected chi connectivity index (χ0v) is 18.8. The van der Waals surface area contributed by atoms with Gasteiger partial charge in [0.1, 0.15) is 0 Å². The van der Waals surface area contributed by atoms with Crippen LogP contribution < -0.4 is 10.6 Å². The monoisotopic (exact) mass is 469 g/mol. The van der Waals surface area contributed by atoms with Crippen molar-refractivity contribution in [1.82, 2.24) is 15.5 Å². The molecule has 172 valence electrons. The fraction of sp³-hybridized carbons (Fsp3) is 0.667. The molecule has 2 fully saturated rings. The quantitative estimate of drug-likeness (QED) is 0.647. The number of rotatable bonds is 6. The van der Waals surface area contributed by atoms with Crippen molar-refractivity contribution in [3.8, 4) is 0 Å². The first kappa shape index (κ1) is 27.0. The number of likely N-dealkylation sites (tertiary alicyclic amines) is 1. The normalized spacial score (nSPS) is 24.6. The van der Waals surface area contributed by atoms with Gasteiger partial charge in [-0.25, -0.2) is 0 Å². The largest absolute Gasteiger partial charge is 0.416 e. The van der Waals surface area contributed by atoms with Crippen LogP contribution in [0.1, 0.15) is 49.3 Å². The lowest BCUT2D eigenvalue weighted by molar-refractivity contribution is -0.137. The van der Waals surface area contributed by atoms with Crippen molar-refractivity contribution in [2.75, 3.05) is 33.2 Å². The average Bonchev–Trinajstić information content (AvgIpc) is 3.18. The van der Waals surface area contributed by atoms with E-state index in [0.29, 0.717) is 18.9 Å². The van der Waals surface area contributed by atoms with Gasteiger partial charge in [-0.2, -0.15) is 13.2 Å². The van der Waals surface area contributed by atoms with E-state index in [4.69, 9.17) is 0 Å². The maximum atomic E-state index is 12.8. The van der Waals surface area contributed by atoms with Gasteiger partial charge in [0.05, 0.1) is 5.56 Å². The second-order valence-electron chi connectivity index (χ2n) is 8.15. The topological polar surface area (TPSA) is 44.4 Å². The molecule has 2 N–H and O–H groups in total. The van der Waals surface area contributed by atoms with Gasteiger partial charge in [-0.1, -0.05) is 12.1 Å². The van der Waals surface area contributed by atoms with Gasteiger partial charge in [-0.15, -0.1) is 24.8 Å². The molecule has 0 aliphatic carbocycles. The lowest BCUT2D eigenvalue weighted by atomic mass is 9.84. The molecule has 2 saturated heterocycles. The molecule has 3 unspecified atom stereocenters. The molecular formula is C21H32Cl2F3N3O. The van der Waals surface area contributed by atoms with Crippen LogP contribution in [-0.2, 0) is 11.0 Å². The number of alkyl halides is 3. The number of carbonyl (C=O) groups excluding carboxylic acids is 1. The molecule has 3 rings (SSSR count). The lowest BCUT2D eigenvalue weighted by Gasteiger charge is -2.39. The predicted octanol–water partition coefficient (Wildman–Crippen LogP) is 4.44. The van der Waals surface area contributed by atoms with Crippen LogP contribution in [0.3, 0.4) is 0 Å². The molecule has 0 bridgehead atoms. The number of amides is 1. The van der Waals surface area contributed by atoms with Crippen molar-refractivity contribution in [3.05, 3.63) is 35.4 Å². The standard InChI is InChI=1S/C21H30F3N3O.2ClH/c1-27-12-2-3-17(14-26-19(28)9-4-15-10-11-25-13-15)20(27)16-5-7-18(8-6-16)21(22,23)24;;/h5-8,15,17,20,25H,2-4,9-14H2,1H3,(H,26,28);2*1H. The van der Waals surface area contributed by atoms with Crippen LogP contribution in [0.2, 0.25) is 0 Å². The molecule has 2 aliphatic heterocycles. The minimum absolute atomic E-state index is 0. The molecule has 1 aromatic carbocycles. The van der Waals surface area contributed by atoms with Crippen LogP contribution in [-0.4, -0.2) is 44.0 Å². The summed E-state index contributed by atoms with van der Waals surface area (Å²) in [5.74, 6) is 0.866. The van der Waals surface area contributed by atoms with E-state index < -0.39 is 11.7 Å². The number of nitrogens with zero attached hydrogens (tertiary/aromatic N) is 1. The van der Waals surface area contributed by atoms with E-state index >= 15 is 0 Å². The van der Waals surface area contributed by atoms with Crippen molar-refractivity contribution in [2.24, 2.45) is 11.8 Å². The fourth-order valence-electron chi connectivity index (χ4n) is 4.50. The minimum Gasteiger partial charge on any atom is -0.356 e. The molecule has 0 radical (unpaired) electrons. The first-order valence-corrected chi connectivity index (χ1v) is 10.2. The Labute approximate surface area is 189 Å². The number of hydrogen-bond donors (Lipinski definition) is 2. The summed E-state index contributed by atoms with van der Waals surface area (Å²) in [7, 11) is 2.00. The fourth-order valence-corrected chi connectivity index (χ4v) is 4.50. The highest BCUT2D eigenvalue weighted by molar-refractivity contribution is 5.85. The summed E-state index contributed by atoms with van der Waals surface area (Å²) in [6.07, 6.45) is 0.256. The zero-order chi connectivity index (χ0) is 20.1. The summed E-state index contributed by atoms with van der Waals surface area (Å²) in [5, 5.41) is 6.38. The Morgan fingerprint density at radius 2 is 1.90 bits per heavy atom. The van der Waals surface area contributed by atoms with Gasteiger partial charge in [0.25, 0.3) is 0 Å². The molecule has 0 saturated carbocycles. The first-order chi connectivity index (χ1) is 13.3. The smallest absolute Gasteiger partial charge is 0.356 e. The number of benzene rings is 1. The van der Waals surface area contributed by atoms with Crippen molar-refractivity contribution in [2.45, 2.75) is 44.3 Å². The number of hydrogen-bond acceptors (Lipinski definition) is 3. The van der Waals surface area contributed by atoms with Gasteiger partial charge in [-0.3, -0.25) is 9.69 Å². The first-order valence-electron chi connectivity index (χ1n) is 10.2. The Hall–Kier alpha value is -1.02. The maximum Gasteiger partial charge on any atom is 0.416 e. The maximum absolute atomic E-state index is 12.8. The second kappa shape index (κ2) is 12.1. The third-order valence-corrected chi connectivity index (χ3v) is 6.09. The average molecular weight is 470 g/mol. The SMILES string of the molecule is CN1CCCC(CNC(=O)CCC2CCNC2)C1c1ccc(C(F)(F)F)cc1.Cl.Cl. The molecular weight excluding hydrogens is 438 g/mol. The number of nitrogens with one attached hydrogen (secondary N) is 2. The van der Waals surface area contributed by atoms with E-state index in [-0.39, 0.29) is 42.7 Å². The van der Waals surface area contributed by atoms with Crippen LogP contribution in [0.4, 0.5) is 13.2 Å². The van der Waals surface area contributed by atoms with Gasteiger partial charge >= 0.3 is 6.18 Å². The summed E-state index contributed by atoms with van der Waals surface area (Å²) >= 11 is 0. The van der Waals surface area contributed by atoms with Gasteiger partial charge in [0, 0.05) is 19.0 Å². The van der Waals surface area contributed by atoms with Crippen LogP contribution in [0.15, 0.2) is 24.3 Å². The second-order valence-corrected chi connectivity index (χ2v) is 8.15. The van der Waals surface area contributed by atoms with Gasteiger partial charge in [0.2, 0.25) is 5.91 Å². The summed E-state index contributed by atoms with van der Waals surface area (Å²) in [4.78, 5) is 14.4. The van der Waals surface area contributed by atoms with E-state index in [1.54, 1.807) is 12.1 Å². The minimum atomic E-state index is -4.32. The summed E-state index contributed by atoms with van der Waals surface area (Å²) in [6, 6.07) is 5.50. The van der Waals surface area contributed by atoms with Crippen LogP contribution in [0, 0.1) is 11.8 Å². The Bertz CT molecular complexity index is 652. The Balaban J connectivity index is 0.00000225. The van der Waals surface area contributed by atoms with Gasteiger partial charge in [-0.05, 0) is 81.9 Å². The highest BCUT2D eigenvalue weighted by Crippen LogP contribution is 2.36. The van der Waals surface area contributed by atoms with Crippen molar-refractivity contribution < 1.29 is 18.0 Å².